The van der Waals surface area contributed by atoms with Crippen LogP contribution in [-0.4, -0.2) is 16.0 Å². The maximum absolute atomic E-state index is 4.92. The zero-order valence-electron chi connectivity index (χ0n) is 3.81. The molecule has 0 rings (SSSR count). The van der Waals surface area contributed by atoms with Gasteiger partial charge in [0.1, 0.15) is 0 Å². The average Bonchev–Trinajstić information content (AvgIpc) is 1.61. The lowest BCUT2D eigenvalue weighted by Crippen LogP contribution is -1.81. The van der Waals surface area contributed by atoms with Gasteiger partial charge in [0.2, 0.25) is 9.76 Å². The largest absolute Gasteiger partial charge is 0.360 e. The van der Waals surface area contributed by atoms with E-state index in [0.29, 0.717) is 0 Å². The molecular weight excluding hydrogens is 112 g/mol. The zero-order chi connectivity index (χ0) is 4.83. The second-order valence-corrected chi connectivity index (χ2v) is 2.93. The van der Waals surface area contributed by atoms with Crippen molar-refractivity contribution in [2.45, 2.75) is 0 Å². The minimum absolute atomic E-state index is 0.351. The van der Waals surface area contributed by atoms with Gasteiger partial charge in [-0.3, -0.25) is 0 Å². The first-order chi connectivity index (χ1) is 2.91. The number of rotatable bonds is 3. The van der Waals surface area contributed by atoms with Gasteiger partial charge in [-0.05, 0) is 12.0 Å². The molecule has 0 aromatic carbocycles. The molecule has 0 aromatic rings. The first kappa shape index (κ1) is 6.27. The van der Waals surface area contributed by atoms with Crippen molar-refractivity contribution in [1.29, 1.82) is 0 Å². The number of hydrogen-bond acceptors (Lipinski definition) is 2. The Kier molecular flexibility index (Phi) is 5.50. The Morgan fingerprint density at radius 3 is 2.83 bits per heavy atom. The highest BCUT2D eigenvalue weighted by Gasteiger charge is 1.71. The summed E-state index contributed by atoms with van der Waals surface area (Å²) in [7, 11) is -0.351. The predicted octanol–water partition coefficient (Wildman–Crippen LogP) is 0.508. The molecule has 0 atom stereocenters. The van der Waals surface area contributed by atoms with E-state index in [1.54, 1.807) is 0 Å². The van der Waals surface area contributed by atoms with Crippen molar-refractivity contribution < 1.29 is 3.87 Å². The minimum Gasteiger partial charge on any atom is -0.360 e. The Balaban J connectivity index is 2.49. The van der Waals surface area contributed by atoms with Crippen LogP contribution >= 0.6 is 12.0 Å². The topological polar surface area (TPSA) is 9.23 Å². The third-order valence-electron chi connectivity index (χ3n) is 0.304. The SMILES string of the molecule is C=C[SiH2]OSC. The summed E-state index contributed by atoms with van der Waals surface area (Å²) in [6.07, 6.45) is 1.91. The highest BCUT2D eigenvalue weighted by molar-refractivity contribution is 7.94. The molecule has 0 N–H and O–H groups in total. The van der Waals surface area contributed by atoms with E-state index < -0.39 is 0 Å². The summed E-state index contributed by atoms with van der Waals surface area (Å²) in [6.45, 7) is 3.52. The minimum atomic E-state index is -0.351. The van der Waals surface area contributed by atoms with Crippen molar-refractivity contribution in [3.8, 4) is 0 Å². The van der Waals surface area contributed by atoms with Gasteiger partial charge in [-0.25, -0.2) is 0 Å². The van der Waals surface area contributed by atoms with E-state index >= 15 is 0 Å². The van der Waals surface area contributed by atoms with Gasteiger partial charge in [0.25, 0.3) is 0 Å². The monoisotopic (exact) mass is 120 g/mol. The summed E-state index contributed by atoms with van der Waals surface area (Å²) >= 11 is 1.42. The molecule has 0 radical (unpaired) electrons. The third kappa shape index (κ3) is 4.27. The maximum Gasteiger partial charge on any atom is 0.203 e. The summed E-state index contributed by atoms with van der Waals surface area (Å²) in [5.41, 5.74) is 1.86. The molecule has 0 aliphatic heterocycles. The van der Waals surface area contributed by atoms with Crippen molar-refractivity contribution in [1.82, 2.24) is 0 Å². The number of hydrogen-bond donors (Lipinski definition) is 0. The van der Waals surface area contributed by atoms with Crippen molar-refractivity contribution in [3.63, 3.8) is 0 Å². The standard InChI is InChI=1S/C3H8OSSi/c1-3-6-4-5-2/h3H,1,6H2,2H3. The Bertz CT molecular complexity index is 39.8. The van der Waals surface area contributed by atoms with Gasteiger partial charge in [-0.2, -0.15) is 0 Å². The molecule has 6 heavy (non-hydrogen) atoms. The fourth-order valence-electron chi connectivity index (χ4n) is 0.116. The molecular formula is C3H8OSSi. The van der Waals surface area contributed by atoms with Crippen LogP contribution in [-0.2, 0) is 3.87 Å². The van der Waals surface area contributed by atoms with Gasteiger partial charge in [-0.1, -0.05) is 5.70 Å². The predicted molar refractivity (Wildman–Crippen MR) is 33.3 cm³/mol. The molecule has 36 valence electrons. The van der Waals surface area contributed by atoms with Crippen LogP contribution < -0.4 is 0 Å². The molecule has 0 spiro atoms. The van der Waals surface area contributed by atoms with Crippen molar-refractivity contribution in [3.05, 3.63) is 12.3 Å². The second kappa shape index (κ2) is 5.27. The Morgan fingerprint density at radius 1 is 2.00 bits per heavy atom. The van der Waals surface area contributed by atoms with Gasteiger partial charge in [-0.15, -0.1) is 6.58 Å². The molecule has 0 saturated carbocycles. The lowest BCUT2D eigenvalue weighted by molar-refractivity contribution is 0.714. The van der Waals surface area contributed by atoms with E-state index in [-0.39, 0.29) is 9.76 Å². The summed E-state index contributed by atoms with van der Waals surface area (Å²) in [6, 6.07) is 0. The molecule has 0 aromatic heterocycles. The van der Waals surface area contributed by atoms with Crippen LogP contribution in [0.4, 0.5) is 0 Å². The molecule has 0 bridgehead atoms. The smallest absolute Gasteiger partial charge is 0.203 e. The zero-order valence-corrected chi connectivity index (χ0v) is 6.04. The van der Waals surface area contributed by atoms with Gasteiger partial charge in [0.15, 0.2) is 0 Å². The molecule has 0 aliphatic carbocycles. The molecule has 0 saturated heterocycles. The van der Waals surface area contributed by atoms with Crippen LogP contribution in [0.25, 0.3) is 0 Å². The van der Waals surface area contributed by atoms with Gasteiger partial charge in [0.05, 0.1) is 0 Å². The van der Waals surface area contributed by atoms with Crippen LogP contribution in [0.3, 0.4) is 0 Å². The summed E-state index contributed by atoms with van der Waals surface area (Å²) < 4.78 is 4.92. The van der Waals surface area contributed by atoms with Gasteiger partial charge >= 0.3 is 0 Å². The fraction of sp³-hybridized carbons (Fsp3) is 0.333. The Hall–Kier alpha value is 0.267. The highest BCUT2D eigenvalue weighted by atomic mass is 32.2. The maximum atomic E-state index is 4.92. The van der Waals surface area contributed by atoms with Gasteiger partial charge < -0.3 is 3.87 Å². The molecule has 0 heterocycles. The van der Waals surface area contributed by atoms with Crippen molar-refractivity contribution in [2.24, 2.45) is 0 Å². The molecule has 0 amide bonds. The quantitative estimate of drug-likeness (QED) is 0.305. The van der Waals surface area contributed by atoms with Crippen LogP contribution in [0.1, 0.15) is 0 Å². The van der Waals surface area contributed by atoms with Gasteiger partial charge in [0, 0.05) is 6.26 Å². The summed E-state index contributed by atoms with van der Waals surface area (Å²) in [5.74, 6) is 0. The van der Waals surface area contributed by atoms with Crippen LogP contribution in [0, 0.1) is 0 Å². The molecule has 0 fully saturated rings. The van der Waals surface area contributed by atoms with E-state index in [4.69, 9.17) is 3.87 Å². The summed E-state index contributed by atoms with van der Waals surface area (Å²) in [5, 5.41) is 0. The first-order valence-electron chi connectivity index (χ1n) is 1.68. The fourth-order valence-corrected chi connectivity index (χ4v) is 1.05. The van der Waals surface area contributed by atoms with Crippen LogP contribution in [0.5, 0.6) is 0 Å². The Morgan fingerprint density at radius 2 is 2.67 bits per heavy atom. The van der Waals surface area contributed by atoms with Crippen molar-refractivity contribution >= 4 is 21.8 Å². The lowest BCUT2D eigenvalue weighted by Gasteiger charge is -1.85. The van der Waals surface area contributed by atoms with Crippen LogP contribution in [0.15, 0.2) is 12.3 Å². The van der Waals surface area contributed by atoms with E-state index in [2.05, 4.69) is 6.58 Å². The molecule has 0 aliphatic rings. The molecule has 1 nitrogen and oxygen atoms in total. The first-order valence-corrected chi connectivity index (χ1v) is 4.22. The van der Waals surface area contributed by atoms with E-state index in [9.17, 15) is 0 Å². The second-order valence-electron chi connectivity index (χ2n) is 0.740. The highest BCUT2D eigenvalue weighted by Crippen LogP contribution is 1.89. The molecule has 0 unspecified atom stereocenters. The van der Waals surface area contributed by atoms with E-state index in [1.165, 1.54) is 12.0 Å². The van der Waals surface area contributed by atoms with E-state index in [0.717, 1.165) is 0 Å². The third-order valence-corrected chi connectivity index (χ3v) is 2.03. The van der Waals surface area contributed by atoms with Crippen molar-refractivity contribution in [2.75, 3.05) is 6.26 Å². The van der Waals surface area contributed by atoms with Crippen LogP contribution in [0.2, 0.25) is 0 Å². The lowest BCUT2D eigenvalue weighted by atomic mass is 11.3. The Labute approximate surface area is 44.9 Å². The van der Waals surface area contributed by atoms with E-state index in [1.807, 2.05) is 12.0 Å². The molecule has 3 heteroatoms. The average molecular weight is 120 g/mol. The summed E-state index contributed by atoms with van der Waals surface area (Å²) in [4.78, 5) is 0. The normalized spacial score (nSPS) is 10.2.